The molecule has 1 aromatic heterocycles. The van der Waals surface area contributed by atoms with Gasteiger partial charge in [0.2, 0.25) is 0 Å². The average molecular weight is 330 g/mol. The Morgan fingerprint density at radius 3 is 2.83 bits per heavy atom. The Kier molecular flexibility index (Phi) is 4.32. The molecule has 1 unspecified atom stereocenters. The Bertz CT molecular complexity index is 562. The molecule has 2 nitrogen and oxygen atoms in total. The van der Waals surface area contributed by atoms with Crippen LogP contribution in [0.3, 0.4) is 0 Å². The topological polar surface area (TPSA) is 38.9 Å². The summed E-state index contributed by atoms with van der Waals surface area (Å²) in [6.45, 7) is 0. The molecule has 0 spiro atoms. The van der Waals surface area contributed by atoms with E-state index in [4.69, 9.17) is 17.3 Å². The van der Waals surface area contributed by atoms with Gasteiger partial charge >= 0.3 is 0 Å². The quantitative estimate of drug-likeness (QED) is 0.928. The fraction of sp³-hybridized carbons (Fsp3) is 0.154. The van der Waals surface area contributed by atoms with Crippen LogP contribution < -0.4 is 5.73 Å². The highest BCUT2D eigenvalue weighted by Crippen LogP contribution is 2.22. The van der Waals surface area contributed by atoms with E-state index in [1.165, 1.54) is 12.1 Å². The molecule has 1 aromatic carbocycles. The van der Waals surface area contributed by atoms with Gasteiger partial charge in [-0.2, -0.15) is 0 Å². The molecule has 0 saturated heterocycles. The maximum atomic E-state index is 13.6. The summed E-state index contributed by atoms with van der Waals surface area (Å²) in [6, 6.07) is 6.03. The number of nitrogens with zero attached hydrogens (tertiary/aromatic N) is 1. The van der Waals surface area contributed by atoms with Gasteiger partial charge in [-0.1, -0.05) is 11.6 Å². The van der Waals surface area contributed by atoms with Gasteiger partial charge in [-0.05, 0) is 57.7 Å². The molecule has 1 heterocycles. The third kappa shape index (κ3) is 3.28. The monoisotopic (exact) mass is 328 g/mol. The predicted molar refractivity (Wildman–Crippen MR) is 74.0 cm³/mol. The number of aromatic nitrogens is 1. The Balaban J connectivity index is 2.21. The van der Waals surface area contributed by atoms with Crippen LogP contribution in [-0.4, -0.2) is 4.98 Å². The summed E-state index contributed by atoms with van der Waals surface area (Å²) < 4.78 is 14.4. The molecule has 18 heavy (non-hydrogen) atoms. The minimum Gasteiger partial charge on any atom is -0.324 e. The second-order valence-electron chi connectivity index (χ2n) is 3.98. The maximum absolute atomic E-state index is 13.6. The SMILES string of the molecule is NC(Cc1cc(Cl)ccc1F)c1cncc(Br)c1. The third-order valence-electron chi connectivity index (χ3n) is 2.60. The van der Waals surface area contributed by atoms with Gasteiger partial charge in [-0.3, -0.25) is 4.98 Å². The largest absolute Gasteiger partial charge is 0.324 e. The molecular formula is C13H11BrClFN2. The number of hydrogen-bond donors (Lipinski definition) is 1. The molecular weight excluding hydrogens is 319 g/mol. The summed E-state index contributed by atoms with van der Waals surface area (Å²) in [6.07, 6.45) is 3.73. The van der Waals surface area contributed by atoms with Crippen molar-refractivity contribution in [3.63, 3.8) is 0 Å². The maximum Gasteiger partial charge on any atom is 0.126 e. The zero-order valence-corrected chi connectivity index (χ0v) is 11.7. The molecule has 94 valence electrons. The number of benzene rings is 1. The Morgan fingerprint density at radius 1 is 1.33 bits per heavy atom. The Labute approximate surface area is 118 Å². The molecule has 0 fully saturated rings. The van der Waals surface area contributed by atoms with E-state index in [0.29, 0.717) is 17.0 Å². The highest BCUT2D eigenvalue weighted by Gasteiger charge is 2.11. The van der Waals surface area contributed by atoms with Gasteiger partial charge in [0.1, 0.15) is 5.82 Å². The van der Waals surface area contributed by atoms with Gasteiger partial charge in [0.15, 0.2) is 0 Å². The summed E-state index contributed by atoms with van der Waals surface area (Å²) in [7, 11) is 0. The Hall–Kier alpha value is -0.970. The van der Waals surface area contributed by atoms with E-state index in [2.05, 4.69) is 20.9 Å². The molecule has 1 atom stereocenters. The van der Waals surface area contributed by atoms with Crippen molar-refractivity contribution < 1.29 is 4.39 Å². The van der Waals surface area contributed by atoms with Crippen molar-refractivity contribution in [3.8, 4) is 0 Å². The first-order valence-corrected chi connectivity index (χ1v) is 6.53. The van der Waals surface area contributed by atoms with E-state index in [-0.39, 0.29) is 11.9 Å². The summed E-state index contributed by atoms with van der Waals surface area (Å²) in [4.78, 5) is 4.04. The van der Waals surface area contributed by atoms with E-state index < -0.39 is 0 Å². The average Bonchev–Trinajstić information content (AvgIpc) is 2.34. The van der Waals surface area contributed by atoms with Crippen LogP contribution in [0.1, 0.15) is 17.2 Å². The molecule has 0 aliphatic rings. The van der Waals surface area contributed by atoms with Crippen LogP contribution in [0.15, 0.2) is 41.1 Å². The lowest BCUT2D eigenvalue weighted by atomic mass is 10.0. The van der Waals surface area contributed by atoms with Crippen molar-refractivity contribution in [2.24, 2.45) is 5.73 Å². The lowest BCUT2D eigenvalue weighted by Crippen LogP contribution is -2.14. The zero-order chi connectivity index (χ0) is 13.1. The van der Waals surface area contributed by atoms with Crippen molar-refractivity contribution in [1.29, 1.82) is 0 Å². The van der Waals surface area contributed by atoms with Crippen molar-refractivity contribution in [3.05, 3.63) is 63.1 Å². The van der Waals surface area contributed by atoms with Gasteiger partial charge in [0, 0.05) is 27.9 Å². The second kappa shape index (κ2) is 5.78. The third-order valence-corrected chi connectivity index (χ3v) is 3.27. The molecule has 0 aliphatic heterocycles. The highest BCUT2D eigenvalue weighted by molar-refractivity contribution is 9.10. The van der Waals surface area contributed by atoms with Crippen molar-refractivity contribution in [1.82, 2.24) is 4.98 Å². The Morgan fingerprint density at radius 2 is 2.11 bits per heavy atom. The van der Waals surface area contributed by atoms with E-state index in [9.17, 15) is 4.39 Å². The van der Waals surface area contributed by atoms with Gasteiger partial charge < -0.3 is 5.73 Å². The summed E-state index contributed by atoms with van der Waals surface area (Å²) in [5.74, 6) is -0.294. The van der Waals surface area contributed by atoms with Crippen LogP contribution in [0.5, 0.6) is 0 Å². The normalized spacial score (nSPS) is 12.4. The molecule has 2 aromatic rings. The van der Waals surface area contributed by atoms with Crippen molar-refractivity contribution in [2.75, 3.05) is 0 Å². The first-order valence-electron chi connectivity index (χ1n) is 5.36. The molecule has 2 rings (SSSR count). The number of rotatable bonds is 3. The zero-order valence-electron chi connectivity index (χ0n) is 9.41. The summed E-state index contributed by atoms with van der Waals surface area (Å²) in [5, 5.41) is 0.506. The van der Waals surface area contributed by atoms with Crippen LogP contribution in [0.25, 0.3) is 0 Å². The van der Waals surface area contributed by atoms with Gasteiger partial charge in [-0.25, -0.2) is 4.39 Å². The molecule has 5 heteroatoms. The minimum absolute atomic E-state index is 0.294. The van der Waals surface area contributed by atoms with Gasteiger partial charge in [0.05, 0.1) is 0 Å². The summed E-state index contributed by atoms with van der Waals surface area (Å²) >= 11 is 9.17. The summed E-state index contributed by atoms with van der Waals surface area (Å²) in [5.41, 5.74) is 7.40. The molecule has 0 amide bonds. The minimum atomic E-state index is -0.317. The fourth-order valence-corrected chi connectivity index (χ4v) is 2.26. The first-order chi connectivity index (χ1) is 8.56. The van der Waals surface area contributed by atoms with E-state index in [1.807, 2.05) is 6.07 Å². The molecule has 2 N–H and O–H groups in total. The molecule has 0 aliphatic carbocycles. The highest BCUT2D eigenvalue weighted by atomic mass is 79.9. The lowest BCUT2D eigenvalue weighted by Gasteiger charge is -2.12. The van der Waals surface area contributed by atoms with Gasteiger partial charge in [0.25, 0.3) is 0 Å². The molecule has 0 bridgehead atoms. The van der Waals surface area contributed by atoms with Crippen molar-refractivity contribution in [2.45, 2.75) is 12.5 Å². The second-order valence-corrected chi connectivity index (χ2v) is 5.33. The van der Waals surface area contributed by atoms with Crippen molar-refractivity contribution >= 4 is 27.5 Å². The fourth-order valence-electron chi connectivity index (χ4n) is 1.69. The number of pyridine rings is 1. The number of nitrogens with two attached hydrogens (primary N) is 1. The lowest BCUT2D eigenvalue weighted by molar-refractivity contribution is 0.593. The number of hydrogen-bond acceptors (Lipinski definition) is 2. The predicted octanol–water partition coefficient (Wildman–Crippen LogP) is 3.88. The molecule has 0 radical (unpaired) electrons. The van der Waals surface area contributed by atoms with Crippen LogP contribution in [-0.2, 0) is 6.42 Å². The standard InChI is InChI=1S/C13H11BrClFN2/c14-10-3-9(6-18-7-10)13(17)5-8-4-11(15)1-2-12(8)16/h1-4,6-7,13H,5,17H2. The number of halogens is 3. The van der Waals surface area contributed by atoms with Crippen LogP contribution in [0.2, 0.25) is 5.02 Å². The molecule has 0 saturated carbocycles. The smallest absolute Gasteiger partial charge is 0.126 e. The first kappa shape index (κ1) is 13.5. The van der Waals surface area contributed by atoms with Crippen LogP contribution >= 0.6 is 27.5 Å². The van der Waals surface area contributed by atoms with Crippen LogP contribution in [0.4, 0.5) is 4.39 Å². The van der Waals surface area contributed by atoms with E-state index >= 15 is 0 Å². The van der Waals surface area contributed by atoms with E-state index in [0.717, 1.165) is 10.0 Å². The van der Waals surface area contributed by atoms with Gasteiger partial charge in [-0.15, -0.1) is 0 Å². The van der Waals surface area contributed by atoms with E-state index in [1.54, 1.807) is 18.5 Å². The van der Waals surface area contributed by atoms with Crippen LogP contribution in [0, 0.1) is 5.82 Å².